The molecule has 3 aromatic carbocycles. The van der Waals surface area contributed by atoms with Crippen LogP contribution in [0, 0.1) is 13.8 Å². The number of aryl methyl sites for hydroxylation is 2. The maximum Gasteiger partial charge on any atom is 0.265 e. The molecule has 1 atom stereocenters. The van der Waals surface area contributed by atoms with Gasteiger partial charge in [0.05, 0.1) is 33.3 Å². The van der Waals surface area contributed by atoms with E-state index in [9.17, 15) is 13.2 Å². The van der Waals surface area contributed by atoms with Crippen LogP contribution in [0.25, 0.3) is 31.6 Å². The van der Waals surface area contributed by atoms with Crippen LogP contribution in [0.2, 0.25) is 0 Å². The van der Waals surface area contributed by atoms with Crippen LogP contribution in [0.4, 0.5) is 0 Å². The lowest BCUT2D eigenvalue weighted by Gasteiger charge is -2.19. The minimum atomic E-state index is -3.79. The zero-order valence-electron chi connectivity index (χ0n) is 20.9. The van der Waals surface area contributed by atoms with E-state index in [-0.39, 0.29) is 11.7 Å². The number of aromatic nitrogens is 1. The van der Waals surface area contributed by atoms with Crippen LogP contribution in [-0.2, 0) is 10.0 Å². The third kappa shape index (κ3) is 4.95. The molecule has 2 heterocycles. The number of thiophene rings is 1. The summed E-state index contributed by atoms with van der Waals surface area (Å²) in [6.07, 6.45) is 0.660. The summed E-state index contributed by atoms with van der Waals surface area (Å²) in [7, 11) is -3.79. The van der Waals surface area contributed by atoms with Gasteiger partial charge in [0.15, 0.2) is 0 Å². The highest BCUT2D eigenvalue weighted by molar-refractivity contribution is 7.89. The van der Waals surface area contributed by atoms with Gasteiger partial charge in [-0.25, -0.2) is 18.1 Å². The van der Waals surface area contributed by atoms with Crippen LogP contribution in [0.5, 0.6) is 5.75 Å². The largest absolute Gasteiger partial charge is 0.485 e. The van der Waals surface area contributed by atoms with Gasteiger partial charge in [-0.1, -0.05) is 54.6 Å². The van der Waals surface area contributed by atoms with E-state index >= 15 is 0 Å². The highest BCUT2D eigenvalue weighted by Crippen LogP contribution is 2.41. The third-order valence-corrected chi connectivity index (χ3v) is 8.15. The van der Waals surface area contributed by atoms with Crippen molar-refractivity contribution in [3.05, 3.63) is 95.1 Å². The van der Waals surface area contributed by atoms with Crippen molar-refractivity contribution in [1.29, 1.82) is 0 Å². The summed E-state index contributed by atoms with van der Waals surface area (Å²) in [5, 5.41) is 1.60. The highest BCUT2D eigenvalue weighted by Gasteiger charge is 2.23. The predicted molar refractivity (Wildman–Crippen MR) is 150 cm³/mol. The topological polar surface area (TPSA) is 85.4 Å². The minimum Gasteiger partial charge on any atom is -0.485 e. The van der Waals surface area contributed by atoms with E-state index in [4.69, 9.17) is 9.72 Å². The van der Waals surface area contributed by atoms with Crippen molar-refractivity contribution in [1.82, 2.24) is 9.71 Å². The minimum absolute atomic E-state index is 0.196. The molecule has 8 heteroatoms. The Hall–Kier alpha value is -3.75. The van der Waals surface area contributed by atoms with E-state index in [1.165, 1.54) is 0 Å². The zero-order valence-corrected chi connectivity index (χ0v) is 22.5. The number of nitrogens with zero attached hydrogens (tertiary/aromatic N) is 1. The van der Waals surface area contributed by atoms with E-state index in [1.807, 2.05) is 69.3 Å². The molecule has 2 aromatic heterocycles. The second-order valence-corrected chi connectivity index (χ2v) is 11.9. The predicted octanol–water partition coefficient (Wildman–Crippen LogP) is 6.56. The fourth-order valence-electron chi connectivity index (χ4n) is 4.46. The number of hydrogen-bond acceptors (Lipinski definition) is 6. The molecule has 0 spiro atoms. The summed E-state index contributed by atoms with van der Waals surface area (Å²) in [6, 6.07) is 23.2. The van der Waals surface area contributed by atoms with Crippen LogP contribution in [0.15, 0.2) is 72.8 Å². The smallest absolute Gasteiger partial charge is 0.265 e. The molecule has 0 radical (unpaired) electrons. The molecule has 1 N–H and O–H groups in total. The molecule has 0 bridgehead atoms. The summed E-state index contributed by atoms with van der Waals surface area (Å²) in [5.41, 5.74) is 4.28. The van der Waals surface area contributed by atoms with Gasteiger partial charge in [0.2, 0.25) is 10.0 Å². The highest BCUT2D eigenvalue weighted by atomic mass is 32.2. The van der Waals surface area contributed by atoms with Crippen molar-refractivity contribution in [3.63, 3.8) is 0 Å². The molecule has 5 aromatic rings. The Morgan fingerprint density at radius 3 is 2.41 bits per heavy atom. The number of amides is 1. The van der Waals surface area contributed by atoms with Crippen molar-refractivity contribution in [3.8, 4) is 16.3 Å². The molecule has 1 amide bonds. The Morgan fingerprint density at radius 1 is 1.00 bits per heavy atom. The van der Waals surface area contributed by atoms with Gasteiger partial charge < -0.3 is 4.74 Å². The SMILES string of the molecule is Cc1c(-c2cc(C(=O)NS(C)(=O)=O)c3c(O[C@H](C)c4ccccc4)ccc(C)c3n2)sc2ccccc12. The Bertz CT molecular complexity index is 1760. The number of fused-ring (bicyclic) bond motifs is 2. The number of hydrogen-bond donors (Lipinski definition) is 1. The normalized spacial score (nSPS) is 12.5. The van der Waals surface area contributed by atoms with E-state index in [1.54, 1.807) is 23.5 Å². The molecule has 37 heavy (non-hydrogen) atoms. The Kier molecular flexibility index (Phi) is 6.47. The molecule has 0 aliphatic carbocycles. The van der Waals surface area contributed by atoms with E-state index in [2.05, 4.69) is 16.9 Å². The van der Waals surface area contributed by atoms with Gasteiger partial charge in [0.25, 0.3) is 5.91 Å². The zero-order chi connectivity index (χ0) is 26.3. The summed E-state index contributed by atoms with van der Waals surface area (Å²) in [5.74, 6) is -0.263. The first-order valence-corrected chi connectivity index (χ1v) is 14.5. The second-order valence-electron chi connectivity index (χ2n) is 9.09. The van der Waals surface area contributed by atoms with E-state index < -0.39 is 15.9 Å². The van der Waals surface area contributed by atoms with Crippen molar-refractivity contribution >= 4 is 48.3 Å². The molecule has 0 saturated heterocycles. The van der Waals surface area contributed by atoms with E-state index in [0.29, 0.717) is 22.3 Å². The van der Waals surface area contributed by atoms with Gasteiger partial charge in [0.1, 0.15) is 11.9 Å². The summed E-state index contributed by atoms with van der Waals surface area (Å²) in [4.78, 5) is 19.3. The monoisotopic (exact) mass is 530 g/mol. The number of rotatable bonds is 6. The van der Waals surface area contributed by atoms with Crippen LogP contribution in [-0.4, -0.2) is 25.6 Å². The number of nitrogens with one attached hydrogen (secondary N) is 1. The van der Waals surface area contributed by atoms with Gasteiger partial charge in [-0.15, -0.1) is 11.3 Å². The number of carbonyl (C=O) groups is 1. The van der Waals surface area contributed by atoms with Crippen molar-refractivity contribution < 1.29 is 17.9 Å². The van der Waals surface area contributed by atoms with Crippen LogP contribution in [0.3, 0.4) is 0 Å². The average Bonchev–Trinajstić information content (AvgIpc) is 3.21. The van der Waals surface area contributed by atoms with Crippen molar-refractivity contribution in [2.45, 2.75) is 26.9 Å². The third-order valence-electron chi connectivity index (χ3n) is 6.30. The van der Waals surface area contributed by atoms with Gasteiger partial charge in [-0.05, 0) is 61.0 Å². The van der Waals surface area contributed by atoms with Gasteiger partial charge in [-0.2, -0.15) is 0 Å². The molecule has 188 valence electrons. The number of pyridine rings is 1. The number of benzene rings is 3. The first-order chi connectivity index (χ1) is 17.6. The molecule has 5 rings (SSSR count). The molecule has 0 aliphatic heterocycles. The Balaban J connectivity index is 1.74. The maximum absolute atomic E-state index is 13.4. The quantitative estimate of drug-likeness (QED) is 0.269. The lowest BCUT2D eigenvalue weighted by atomic mass is 10.0. The molecule has 0 aliphatic rings. The molecule has 6 nitrogen and oxygen atoms in total. The Labute approximate surface area is 220 Å². The molecular weight excluding hydrogens is 504 g/mol. The molecule has 0 saturated carbocycles. The van der Waals surface area contributed by atoms with E-state index in [0.717, 1.165) is 37.9 Å². The van der Waals surface area contributed by atoms with Crippen LogP contribution < -0.4 is 9.46 Å². The maximum atomic E-state index is 13.4. The van der Waals surface area contributed by atoms with Gasteiger partial charge in [0, 0.05) is 4.70 Å². The molecule has 0 fully saturated rings. The first-order valence-electron chi connectivity index (χ1n) is 11.8. The lowest BCUT2D eigenvalue weighted by molar-refractivity contribution is 0.0982. The number of sulfonamides is 1. The second kappa shape index (κ2) is 9.61. The van der Waals surface area contributed by atoms with Gasteiger partial charge in [-0.3, -0.25) is 4.79 Å². The fourth-order valence-corrected chi connectivity index (χ4v) is 6.08. The molecule has 0 unspecified atom stereocenters. The van der Waals surface area contributed by atoms with Crippen LogP contribution >= 0.6 is 11.3 Å². The lowest BCUT2D eigenvalue weighted by Crippen LogP contribution is -2.29. The van der Waals surface area contributed by atoms with Crippen molar-refractivity contribution in [2.75, 3.05) is 6.26 Å². The number of carbonyl (C=O) groups excluding carboxylic acids is 1. The summed E-state index contributed by atoms with van der Waals surface area (Å²) < 4.78 is 33.6. The van der Waals surface area contributed by atoms with Crippen LogP contribution in [0.1, 0.15) is 40.1 Å². The van der Waals surface area contributed by atoms with Gasteiger partial charge >= 0.3 is 0 Å². The summed E-state index contributed by atoms with van der Waals surface area (Å²) >= 11 is 1.59. The summed E-state index contributed by atoms with van der Waals surface area (Å²) in [6.45, 7) is 5.88. The average molecular weight is 531 g/mol. The fraction of sp³-hybridized carbons (Fsp3) is 0.172. The first kappa shape index (κ1) is 24.9. The number of ether oxygens (including phenoxy) is 1. The standard InChI is InChI=1S/C29H26N2O4S2/c1-17-14-15-24(35-19(3)20-10-6-5-7-11-20)26-22(29(32)31-37(4,33)34)16-23(30-27(17)26)28-18(2)21-12-8-9-13-25(21)36-28/h5-16,19H,1-4H3,(H,31,32)/t19-/m1/s1. The Morgan fingerprint density at radius 2 is 1.70 bits per heavy atom. The van der Waals surface area contributed by atoms with Crippen molar-refractivity contribution in [2.24, 2.45) is 0 Å². The molecular formula is C29H26N2O4S2.